The van der Waals surface area contributed by atoms with Gasteiger partial charge in [-0.3, -0.25) is 9.79 Å². The Balaban J connectivity index is 1.63. The van der Waals surface area contributed by atoms with Gasteiger partial charge >= 0.3 is 0 Å². The molecule has 0 saturated heterocycles. The Kier molecular flexibility index (Phi) is 4.40. The molecule has 0 aliphatic heterocycles. The second-order valence-electron chi connectivity index (χ2n) is 5.20. The Hall–Kier alpha value is -2.74. The molecule has 0 N–H and O–H groups in total. The minimum atomic E-state index is 0.0996. The highest BCUT2D eigenvalue weighted by Crippen LogP contribution is 2.16. The standard InChI is InChI=1S/C20H17NO/c22-20(12-13-21-15-16-6-2-1-3-7-16)19-11-10-17-8-4-5-9-18(17)14-19/h1-11,13-14H,12,15H2. The van der Waals surface area contributed by atoms with Crippen LogP contribution in [0.5, 0.6) is 0 Å². The number of carbonyl (C=O) groups is 1. The van der Waals surface area contributed by atoms with Crippen LogP contribution in [-0.4, -0.2) is 12.0 Å². The van der Waals surface area contributed by atoms with Crippen molar-refractivity contribution in [3.63, 3.8) is 0 Å². The molecule has 0 heterocycles. The van der Waals surface area contributed by atoms with Crippen LogP contribution in [-0.2, 0) is 6.54 Å². The average Bonchev–Trinajstić information content (AvgIpc) is 2.59. The summed E-state index contributed by atoms with van der Waals surface area (Å²) in [4.78, 5) is 16.5. The fourth-order valence-electron chi connectivity index (χ4n) is 2.38. The molecule has 0 unspecified atom stereocenters. The number of nitrogens with zero attached hydrogens (tertiary/aromatic N) is 1. The molecule has 0 fully saturated rings. The molecule has 0 bridgehead atoms. The summed E-state index contributed by atoms with van der Waals surface area (Å²) in [7, 11) is 0. The predicted octanol–water partition coefficient (Wildman–Crippen LogP) is 4.68. The van der Waals surface area contributed by atoms with Crippen molar-refractivity contribution in [1.82, 2.24) is 0 Å². The summed E-state index contributed by atoms with van der Waals surface area (Å²) in [5, 5.41) is 2.24. The van der Waals surface area contributed by atoms with Gasteiger partial charge in [0.15, 0.2) is 5.78 Å². The first-order valence-corrected chi connectivity index (χ1v) is 7.37. The number of hydrogen-bond acceptors (Lipinski definition) is 2. The number of aliphatic imine (C=N–C) groups is 1. The second-order valence-corrected chi connectivity index (χ2v) is 5.20. The summed E-state index contributed by atoms with van der Waals surface area (Å²) >= 11 is 0. The summed E-state index contributed by atoms with van der Waals surface area (Å²) in [5.74, 6) is 0.0996. The van der Waals surface area contributed by atoms with E-state index in [4.69, 9.17) is 0 Å². The van der Waals surface area contributed by atoms with Crippen molar-refractivity contribution in [3.05, 3.63) is 83.9 Å². The lowest BCUT2D eigenvalue weighted by Crippen LogP contribution is -1.99. The molecule has 22 heavy (non-hydrogen) atoms. The van der Waals surface area contributed by atoms with Crippen LogP contribution in [0.15, 0.2) is 77.8 Å². The number of carbonyl (C=O) groups excluding carboxylic acids is 1. The van der Waals surface area contributed by atoms with Gasteiger partial charge in [-0.15, -0.1) is 0 Å². The molecule has 0 aromatic heterocycles. The van der Waals surface area contributed by atoms with E-state index in [9.17, 15) is 4.79 Å². The van der Waals surface area contributed by atoms with Gasteiger partial charge in [-0.1, -0.05) is 66.7 Å². The number of hydrogen-bond donors (Lipinski definition) is 0. The summed E-state index contributed by atoms with van der Waals surface area (Å²) in [6, 6.07) is 23.9. The van der Waals surface area contributed by atoms with Crippen LogP contribution in [0.4, 0.5) is 0 Å². The minimum Gasteiger partial charge on any atom is -0.294 e. The van der Waals surface area contributed by atoms with E-state index in [1.807, 2.05) is 72.8 Å². The SMILES string of the molecule is O=C(CC=NCc1ccccc1)c1ccc2ccccc2c1. The molecular formula is C20H17NO. The highest BCUT2D eigenvalue weighted by atomic mass is 16.1. The third kappa shape index (κ3) is 3.47. The van der Waals surface area contributed by atoms with Gasteiger partial charge in [0.05, 0.1) is 6.54 Å². The maximum absolute atomic E-state index is 12.2. The molecule has 2 nitrogen and oxygen atoms in total. The number of fused-ring (bicyclic) bond motifs is 1. The van der Waals surface area contributed by atoms with Gasteiger partial charge < -0.3 is 0 Å². The normalized spacial score (nSPS) is 11.1. The van der Waals surface area contributed by atoms with E-state index in [1.165, 1.54) is 0 Å². The van der Waals surface area contributed by atoms with Crippen LogP contribution in [0.2, 0.25) is 0 Å². The van der Waals surface area contributed by atoms with Crippen LogP contribution in [0.1, 0.15) is 22.3 Å². The molecule has 0 radical (unpaired) electrons. The van der Waals surface area contributed by atoms with Crippen molar-refractivity contribution in [2.75, 3.05) is 0 Å². The molecular weight excluding hydrogens is 270 g/mol. The molecule has 3 aromatic carbocycles. The third-order valence-electron chi connectivity index (χ3n) is 3.59. The Labute approximate surface area is 130 Å². The zero-order valence-corrected chi connectivity index (χ0v) is 12.3. The smallest absolute Gasteiger partial charge is 0.168 e. The first-order valence-electron chi connectivity index (χ1n) is 7.37. The highest BCUT2D eigenvalue weighted by molar-refractivity contribution is 6.05. The maximum atomic E-state index is 12.2. The Morgan fingerprint density at radius 1 is 0.864 bits per heavy atom. The first-order chi connectivity index (χ1) is 10.8. The van der Waals surface area contributed by atoms with E-state index in [2.05, 4.69) is 4.99 Å². The highest BCUT2D eigenvalue weighted by Gasteiger charge is 2.04. The van der Waals surface area contributed by atoms with Gasteiger partial charge in [-0.05, 0) is 22.4 Å². The molecule has 0 spiro atoms. The minimum absolute atomic E-state index is 0.0996. The lowest BCUT2D eigenvalue weighted by Gasteiger charge is -2.01. The quantitative estimate of drug-likeness (QED) is 0.494. The van der Waals surface area contributed by atoms with E-state index < -0.39 is 0 Å². The zero-order chi connectivity index (χ0) is 15.2. The van der Waals surface area contributed by atoms with Gasteiger partial charge in [0, 0.05) is 18.2 Å². The molecule has 2 heteroatoms. The van der Waals surface area contributed by atoms with E-state index in [-0.39, 0.29) is 5.78 Å². The molecule has 108 valence electrons. The lowest BCUT2D eigenvalue weighted by molar-refractivity contribution is 0.100. The zero-order valence-electron chi connectivity index (χ0n) is 12.3. The number of rotatable bonds is 5. The fourth-order valence-corrected chi connectivity index (χ4v) is 2.38. The van der Waals surface area contributed by atoms with Crippen molar-refractivity contribution in [2.45, 2.75) is 13.0 Å². The summed E-state index contributed by atoms with van der Waals surface area (Å²) < 4.78 is 0. The lowest BCUT2D eigenvalue weighted by atomic mass is 10.0. The molecule has 3 rings (SSSR count). The average molecular weight is 287 g/mol. The molecule has 0 atom stereocenters. The summed E-state index contributed by atoms with van der Waals surface area (Å²) in [5.41, 5.74) is 1.89. The van der Waals surface area contributed by atoms with E-state index >= 15 is 0 Å². The fraction of sp³-hybridized carbons (Fsp3) is 0.100. The van der Waals surface area contributed by atoms with Crippen molar-refractivity contribution in [3.8, 4) is 0 Å². The Morgan fingerprint density at radius 3 is 2.41 bits per heavy atom. The van der Waals surface area contributed by atoms with Gasteiger partial charge in [0.25, 0.3) is 0 Å². The van der Waals surface area contributed by atoms with Gasteiger partial charge in [-0.25, -0.2) is 0 Å². The molecule has 0 aliphatic rings. The van der Waals surface area contributed by atoms with Crippen molar-refractivity contribution in [2.24, 2.45) is 4.99 Å². The maximum Gasteiger partial charge on any atom is 0.168 e. The Bertz CT molecular complexity index is 806. The van der Waals surface area contributed by atoms with E-state index in [0.717, 1.165) is 21.9 Å². The van der Waals surface area contributed by atoms with Crippen molar-refractivity contribution >= 4 is 22.8 Å². The van der Waals surface area contributed by atoms with Gasteiger partial charge in [-0.2, -0.15) is 0 Å². The van der Waals surface area contributed by atoms with Gasteiger partial charge in [0.1, 0.15) is 0 Å². The number of benzene rings is 3. The second kappa shape index (κ2) is 6.81. The van der Waals surface area contributed by atoms with Crippen LogP contribution in [0, 0.1) is 0 Å². The van der Waals surface area contributed by atoms with Crippen LogP contribution in [0.3, 0.4) is 0 Å². The molecule has 0 aliphatic carbocycles. The Morgan fingerprint density at radius 2 is 1.59 bits per heavy atom. The molecule has 0 amide bonds. The molecule has 3 aromatic rings. The van der Waals surface area contributed by atoms with E-state index in [1.54, 1.807) is 6.21 Å². The predicted molar refractivity (Wildman–Crippen MR) is 91.5 cm³/mol. The summed E-state index contributed by atoms with van der Waals surface area (Å²) in [6.45, 7) is 0.617. The van der Waals surface area contributed by atoms with Crippen molar-refractivity contribution in [1.29, 1.82) is 0 Å². The number of ketones is 1. The monoisotopic (exact) mass is 287 g/mol. The first kappa shape index (κ1) is 14.2. The van der Waals surface area contributed by atoms with Crippen LogP contribution in [0.25, 0.3) is 10.8 Å². The van der Waals surface area contributed by atoms with Crippen LogP contribution < -0.4 is 0 Å². The topological polar surface area (TPSA) is 29.4 Å². The third-order valence-corrected chi connectivity index (χ3v) is 3.59. The summed E-state index contributed by atoms with van der Waals surface area (Å²) in [6.07, 6.45) is 2.05. The van der Waals surface area contributed by atoms with Crippen molar-refractivity contribution < 1.29 is 4.79 Å². The van der Waals surface area contributed by atoms with E-state index in [0.29, 0.717) is 13.0 Å². The largest absolute Gasteiger partial charge is 0.294 e. The molecule has 0 saturated carbocycles. The van der Waals surface area contributed by atoms with Gasteiger partial charge in [0.2, 0.25) is 0 Å². The van der Waals surface area contributed by atoms with Crippen LogP contribution >= 0.6 is 0 Å². The number of Topliss-reactive ketones (excluding diaryl/α,β-unsaturated/α-hetero) is 1.